The third kappa shape index (κ3) is 8.55. The van der Waals surface area contributed by atoms with Gasteiger partial charge in [0.15, 0.2) is 0 Å². The first-order valence-corrected chi connectivity index (χ1v) is 16.7. The summed E-state index contributed by atoms with van der Waals surface area (Å²) < 4.78 is 41.7. The molecule has 2 aromatic rings. The van der Waals surface area contributed by atoms with Gasteiger partial charge in [-0.25, -0.2) is 13.2 Å². The number of carbonyl (C=O) groups excluding carboxylic acids is 1. The summed E-state index contributed by atoms with van der Waals surface area (Å²) in [6, 6.07) is 16.4. The highest BCUT2D eigenvalue weighted by Crippen LogP contribution is 2.45. The van der Waals surface area contributed by atoms with Crippen LogP contribution in [0.15, 0.2) is 59.5 Å². The van der Waals surface area contributed by atoms with Crippen molar-refractivity contribution in [1.82, 2.24) is 9.62 Å². The lowest BCUT2D eigenvalue weighted by atomic mass is 9.99. The number of aryl methyl sites for hydroxylation is 1. The molecular formula is C33H48N2O5S. The highest BCUT2D eigenvalue weighted by Gasteiger charge is 2.42. The van der Waals surface area contributed by atoms with E-state index in [1.54, 1.807) is 12.1 Å². The van der Waals surface area contributed by atoms with Gasteiger partial charge in [-0.1, -0.05) is 74.7 Å². The van der Waals surface area contributed by atoms with Crippen LogP contribution >= 0.6 is 0 Å². The molecule has 41 heavy (non-hydrogen) atoms. The van der Waals surface area contributed by atoms with E-state index in [-0.39, 0.29) is 29.6 Å². The molecule has 0 saturated heterocycles. The van der Waals surface area contributed by atoms with Gasteiger partial charge in [-0.2, -0.15) is 4.31 Å². The summed E-state index contributed by atoms with van der Waals surface area (Å²) in [5.74, 6) is 1.22. The van der Waals surface area contributed by atoms with Gasteiger partial charge in [-0.05, 0) is 81.9 Å². The fraction of sp³-hybridized carbons (Fsp3) is 0.606. The molecule has 1 N–H and O–H groups in total. The first-order chi connectivity index (χ1) is 19.5. The molecule has 2 aromatic carbocycles. The lowest BCUT2D eigenvalue weighted by Crippen LogP contribution is -2.53. The number of nitrogens with zero attached hydrogens (tertiary/aromatic N) is 1. The summed E-state index contributed by atoms with van der Waals surface area (Å²) in [5.41, 5.74) is 2.03. The molecule has 226 valence electrons. The second-order valence-electron chi connectivity index (χ2n) is 12.6. The van der Waals surface area contributed by atoms with Crippen LogP contribution in [0.25, 0.3) is 0 Å². The second-order valence-corrected chi connectivity index (χ2v) is 14.5. The molecule has 8 heteroatoms. The number of carbonyl (C=O) groups is 1. The fourth-order valence-corrected chi connectivity index (χ4v) is 8.09. The predicted molar refractivity (Wildman–Crippen MR) is 162 cm³/mol. The molecule has 2 aliphatic carbocycles. The fourth-order valence-electron chi connectivity index (χ4n) is 6.47. The van der Waals surface area contributed by atoms with Gasteiger partial charge in [0.1, 0.15) is 6.10 Å². The lowest BCUT2D eigenvalue weighted by Gasteiger charge is -2.34. The molecular weight excluding hydrogens is 536 g/mol. The highest BCUT2D eigenvalue weighted by molar-refractivity contribution is 7.89. The van der Waals surface area contributed by atoms with Crippen LogP contribution < -0.4 is 5.32 Å². The summed E-state index contributed by atoms with van der Waals surface area (Å²) in [6.45, 7) is 10.3. The third-order valence-corrected chi connectivity index (χ3v) is 10.2. The number of nitrogens with one attached hydrogen (secondary N) is 1. The minimum Gasteiger partial charge on any atom is -0.446 e. The second kappa shape index (κ2) is 14.2. The Kier molecular flexibility index (Phi) is 10.9. The van der Waals surface area contributed by atoms with Crippen molar-refractivity contribution in [2.24, 2.45) is 17.8 Å². The van der Waals surface area contributed by atoms with Gasteiger partial charge in [-0.15, -0.1) is 0 Å². The number of alkyl carbamates (subject to hydrolysis) is 1. The summed E-state index contributed by atoms with van der Waals surface area (Å²) in [6.07, 6.45) is 4.82. The van der Waals surface area contributed by atoms with E-state index in [9.17, 15) is 13.2 Å². The highest BCUT2D eigenvalue weighted by atomic mass is 32.2. The van der Waals surface area contributed by atoms with Gasteiger partial charge in [0.25, 0.3) is 0 Å². The van der Waals surface area contributed by atoms with Crippen molar-refractivity contribution in [3.63, 3.8) is 0 Å². The van der Waals surface area contributed by atoms with Crippen molar-refractivity contribution >= 4 is 16.1 Å². The average molecular weight is 585 g/mol. The van der Waals surface area contributed by atoms with Crippen molar-refractivity contribution in [3.8, 4) is 0 Å². The van der Waals surface area contributed by atoms with E-state index < -0.39 is 28.3 Å². The normalized spacial score (nSPS) is 22.2. The number of rotatable bonds is 13. The zero-order valence-electron chi connectivity index (χ0n) is 25.3. The van der Waals surface area contributed by atoms with E-state index in [0.29, 0.717) is 24.8 Å². The van der Waals surface area contributed by atoms with Crippen LogP contribution in [0.2, 0.25) is 0 Å². The van der Waals surface area contributed by atoms with E-state index in [2.05, 4.69) is 5.32 Å². The van der Waals surface area contributed by atoms with Gasteiger partial charge in [0.05, 0.1) is 23.1 Å². The Hall–Kier alpha value is -2.42. The number of hydrogen-bond donors (Lipinski definition) is 1. The molecule has 2 fully saturated rings. The molecule has 0 spiro atoms. The van der Waals surface area contributed by atoms with Crippen LogP contribution in [-0.4, -0.2) is 56.3 Å². The smallest absolute Gasteiger partial charge is 0.407 e. The summed E-state index contributed by atoms with van der Waals surface area (Å²) >= 11 is 0. The van der Waals surface area contributed by atoms with Gasteiger partial charge in [0.2, 0.25) is 10.0 Å². The molecule has 5 atom stereocenters. The monoisotopic (exact) mass is 584 g/mol. The molecule has 0 bridgehead atoms. The van der Waals surface area contributed by atoms with Crippen LogP contribution in [-0.2, 0) is 25.9 Å². The maximum absolute atomic E-state index is 13.9. The standard InChI is InChI=1S/C33H48N2O5S/c1-23(2)21-35(41(37,38)28-17-14-25(5)15-18-28)22-32(39-24(3)4)30(20-26-10-7-6-8-11-26)34-33(36)40-31-19-16-27-12-9-13-29(27)31/h6-8,10-11,14-15,17-18,23-24,27,29-32H,9,12-13,16,19-22H2,1-5H3,(H,34,36)/t27-,29-,30+,31+,32-/m1/s1. The number of amides is 1. The lowest BCUT2D eigenvalue weighted by molar-refractivity contribution is -0.0247. The molecule has 0 aromatic heterocycles. The van der Waals surface area contributed by atoms with Crippen molar-refractivity contribution in [1.29, 1.82) is 0 Å². The van der Waals surface area contributed by atoms with Gasteiger partial charge < -0.3 is 14.8 Å². The molecule has 0 heterocycles. The number of benzene rings is 2. The molecule has 0 radical (unpaired) electrons. The minimum absolute atomic E-state index is 0.0521. The molecule has 0 aliphatic heterocycles. The molecule has 0 unspecified atom stereocenters. The Morgan fingerprint density at radius 1 is 0.951 bits per heavy atom. The summed E-state index contributed by atoms with van der Waals surface area (Å²) in [5, 5.41) is 3.13. The minimum atomic E-state index is -3.80. The third-order valence-electron chi connectivity index (χ3n) is 8.38. The Morgan fingerprint density at radius 3 is 2.32 bits per heavy atom. The van der Waals surface area contributed by atoms with Crippen LogP contribution in [0.3, 0.4) is 0 Å². The molecule has 2 aliphatic rings. The number of fused-ring (bicyclic) bond motifs is 1. The Labute approximate surface area is 247 Å². The van der Waals surface area contributed by atoms with Crippen LogP contribution in [0.1, 0.15) is 70.9 Å². The van der Waals surface area contributed by atoms with Crippen molar-refractivity contribution in [2.45, 2.75) is 102 Å². The maximum atomic E-state index is 13.9. The van der Waals surface area contributed by atoms with Crippen molar-refractivity contribution in [2.75, 3.05) is 13.1 Å². The van der Waals surface area contributed by atoms with Gasteiger partial charge in [-0.3, -0.25) is 0 Å². The van der Waals surface area contributed by atoms with Crippen LogP contribution in [0.4, 0.5) is 4.79 Å². The Balaban J connectivity index is 1.60. The van der Waals surface area contributed by atoms with E-state index in [4.69, 9.17) is 9.47 Å². The van der Waals surface area contributed by atoms with Crippen molar-refractivity contribution < 1.29 is 22.7 Å². The van der Waals surface area contributed by atoms with E-state index in [0.717, 1.165) is 30.4 Å². The molecule has 4 rings (SSSR count). The number of ether oxygens (including phenoxy) is 2. The average Bonchev–Trinajstić information content (AvgIpc) is 3.53. The largest absolute Gasteiger partial charge is 0.446 e. The predicted octanol–water partition coefficient (Wildman–Crippen LogP) is 6.35. The zero-order chi connectivity index (χ0) is 29.6. The Morgan fingerprint density at radius 2 is 1.66 bits per heavy atom. The molecule has 2 saturated carbocycles. The quantitative estimate of drug-likeness (QED) is 0.297. The topological polar surface area (TPSA) is 84.9 Å². The molecule has 7 nitrogen and oxygen atoms in total. The summed E-state index contributed by atoms with van der Waals surface area (Å²) in [4.78, 5) is 13.6. The maximum Gasteiger partial charge on any atom is 0.407 e. The number of hydrogen-bond acceptors (Lipinski definition) is 5. The van der Waals surface area contributed by atoms with Crippen LogP contribution in [0.5, 0.6) is 0 Å². The zero-order valence-corrected chi connectivity index (χ0v) is 26.1. The molecule has 1 amide bonds. The Bertz CT molecular complexity index is 1220. The van der Waals surface area contributed by atoms with E-state index in [1.165, 1.54) is 17.1 Å². The van der Waals surface area contributed by atoms with Crippen molar-refractivity contribution in [3.05, 3.63) is 65.7 Å². The number of sulfonamides is 1. The van der Waals surface area contributed by atoms with Crippen LogP contribution in [0, 0.1) is 24.7 Å². The first-order valence-electron chi connectivity index (χ1n) is 15.3. The van der Waals surface area contributed by atoms with E-state index >= 15 is 0 Å². The first kappa shape index (κ1) is 31.5. The van der Waals surface area contributed by atoms with Gasteiger partial charge in [0, 0.05) is 13.1 Å². The SMILES string of the molecule is Cc1ccc(S(=O)(=O)N(CC(C)C)C[C@@H](OC(C)C)[C@H](Cc2ccccc2)NC(=O)O[C@H]2CC[C@H]3CCC[C@H]32)cc1. The van der Waals surface area contributed by atoms with Gasteiger partial charge >= 0.3 is 6.09 Å². The van der Waals surface area contributed by atoms with E-state index in [1.807, 2.05) is 77.1 Å². The summed E-state index contributed by atoms with van der Waals surface area (Å²) in [7, 11) is -3.80.